The zero-order valence-electron chi connectivity index (χ0n) is 21.2. The molecule has 0 radical (unpaired) electrons. The van der Waals surface area contributed by atoms with E-state index < -0.39 is 17.3 Å². The van der Waals surface area contributed by atoms with Crippen LogP contribution in [0.1, 0.15) is 47.6 Å². The Morgan fingerprint density at radius 2 is 1.78 bits per heavy atom. The third-order valence-electron chi connectivity index (χ3n) is 7.13. The van der Waals surface area contributed by atoms with Crippen LogP contribution in [0.2, 0.25) is 0 Å². The first-order chi connectivity index (χ1) is 17.2. The van der Waals surface area contributed by atoms with Crippen molar-refractivity contribution in [1.82, 2.24) is 4.90 Å². The molecule has 1 unspecified atom stereocenters. The van der Waals surface area contributed by atoms with Crippen LogP contribution < -0.4 is 21.9 Å². The molecule has 2 aliphatic rings. The molecule has 4 rings (SSSR count). The van der Waals surface area contributed by atoms with Crippen molar-refractivity contribution in [2.45, 2.75) is 43.6 Å². The standard InChI is InChI=1S/C27H34F3NO5.ClH/c1-33-23-15-19-5-4-13-36-25(22(19)17-24(23)34-2)18-35-14-12-31-10-8-26(32,9-11-31)20-6-3-7-21(16-20)27(28,29)30;/h3,6-7,15-17,25,32H,4-5,8-14,18H2,1-2H3;1H/p-1. The quantitative estimate of drug-likeness (QED) is 0.511. The van der Waals surface area contributed by atoms with E-state index in [0.717, 1.165) is 30.5 Å². The molecule has 0 aromatic heterocycles. The van der Waals surface area contributed by atoms with Gasteiger partial charge in [0.2, 0.25) is 0 Å². The van der Waals surface area contributed by atoms with Gasteiger partial charge in [0.05, 0.1) is 38.6 Å². The average Bonchev–Trinajstić information content (AvgIpc) is 3.08. The first kappa shape index (κ1) is 29.5. The molecular formula is C27H34ClF3NO5-. The zero-order valence-corrected chi connectivity index (χ0v) is 21.9. The number of nitrogens with zero attached hydrogens (tertiary/aromatic N) is 1. The zero-order chi connectivity index (χ0) is 25.8. The monoisotopic (exact) mass is 544 g/mol. The summed E-state index contributed by atoms with van der Waals surface area (Å²) in [6.07, 6.45) is -2.07. The van der Waals surface area contributed by atoms with Gasteiger partial charge in [-0.15, -0.1) is 0 Å². The summed E-state index contributed by atoms with van der Waals surface area (Å²) in [6, 6.07) is 9.00. The molecule has 0 bridgehead atoms. The van der Waals surface area contributed by atoms with Crippen LogP contribution in [0, 0.1) is 0 Å². The van der Waals surface area contributed by atoms with Crippen molar-refractivity contribution < 1.29 is 49.6 Å². The van der Waals surface area contributed by atoms with E-state index in [4.69, 9.17) is 18.9 Å². The molecule has 1 saturated heterocycles. The van der Waals surface area contributed by atoms with E-state index in [1.54, 1.807) is 20.3 Å². The molecule has 0 amide bonds. The molecule has 206 valence electrons. The Balaban J connectivity index is 0.00000380. The van der Waals surface area contributed by atoms with Gasteiger partial charge in [-0.1, -0.05) is 12.1 Å². The van der Waals surface area contributed by atoms with Crippen LogP contribution in [-0.4, -0.2) is 63.7 Å². The van der Waals surface area contributed by atoms with Crippen molar-refractivity contribution in [3.8, 4) is 11.5 Å². The number of hydrogen-bond donors (Lipinski definition) is 1. The van der Waals surface area contributed by atoms with Gasteiger partial charge in [0.1, 0.15) is 6.10 Å². The fourth-order valence-corrected chi connectivity index (χ4v) is 4.97. The van der Waals surface area contributed by atoms with Crippen molar-refractivity contribution in [1.29, 1.82) is 0 Å². The number of benzene rings is 2. The molecule has 2 aromatic rings. The molecular weight excluding hydrogens is 511 g/mol. The number of aryl methyl sites for hydroxylation is 1. The minimum atomic E-state index is -4.43. The number of alkyl halides is 3. The number of hydrogen-bond acceptors (Lipinski definition) is 6. The highest BCUT2D eigenvalue weighted by atomic mass is 35.5. The number of halogens is 4. The fraction of sp³-hybridized carbons (Fsp3) is 0.556. The highest BCUT2D eigenvalue weighted by molar-refractivity contribution is 5.48. The summed E-state index contributed by atoms with van der Waals surface area (Å²) in [5.74, 6) is 1.36. The summed E-state index contributed by atoms with van der Waals surface area (Å²) in [4.78, 5) is 2.16. The summed E-state index contributed by atoms with van der Waals surface area (Å²) < 4.78 is 62.2. The van der Waals surface area contributed by atoms with Gasteiger partial charge in [-0.25, -0.2) is 0 Å². The number of fused-ring (bicyclic) bond motifs is 1. The summed E-state index contributed by atoms with van der Waals surface area (Å²) in [5.41, 5.74) is 0.557. The van der Waals surface area contributed by atoms with Gasteiger partial charge in [-0.05, 0) is 66.6 Å². The molecule has 1 N–H and O–H groups in total. The van der Waals surface area contributed by atoms with Crippen LogP contribution in [0.4, 0.5) is 13.2 Å². The fourth-order valence-electron chi connectivity index (χ4n) is 4.97. The van der Waals surface area contributed by atoms with E-state index >= 15 is 0 Å². The summed E-state index contributed by atoms with van der Waals surface area (Å²) in [7, 11) is 3.24. The Morgan fingerprint density at radius 3 is 2.46 bits per heavy atom. The highest BCUT2D eigenvalue weighted by Crippen LogP contribution is 2.38. The minimum Gasteiger partial charge on any atom is -1.00 e. The molecule has 1 atom stereocenters. The van der Waals surface area contributed by atoms with E-state index in [2.05, 4.69) is 4.90 Å². The van der Waals surface area contributed by atoms with Crippen LogP contribution in [0.3, 0.4) is 0 Å². The maximum Gasteiger partial charge on any atom is 0.416 e. The van der Waals surface area contributed by atoms with E-state index in [1.165, 1.54) is 11.6 Å². The Labute approximate surface area is 222 Å². The molecule has 2 heterocycles. The van der Waals surface area contributed by atoms with Gasteiger partial charge < -0.3 is 41.4 Å². The van der Waals surface area contributed by atoms with E-state index in [-0.39, 0.29) is 18.5 Å². The molecule has 0 spiro atoms. The van der Waals surface area contributed by atoms with Crippen LogP contribution in [0.25, 0.3) is 0 Å². The minimum absolute atomic E-state index is 0. The third-order valence-corrected chi connectivity index (χ3v) is 7.13. The Hall–Kier alpha value is -2.04. The van der Waals surface area contributed by atoms with Gasteiger partial charge in [0, 0.05) is 26.2 Å². The summed E-state index contributed by atoms with van der Waals surface area (Å²) in [5, 5.41) is 11.0. The first-order valence-corrected chi connectivity index (χ1v) is 12.3. The van der Waals surface area contributed by atoms with Gasteiger partial charge in [-0.2, -0.15) is 13.2 Å². The molecule has 37 heavy (non-hydrogen) atoms. The lowest BCUT2D eigenvalue weighted by molar-refractivity contribution is -0.137. The van der Waals surface area contributed by atoms with Crippen molar-refractivity contribution in [3.63, 3.8) is 0 Å². The van der Waals surface area contributed by atoms with Crippen LogP contribution in [-0.2, 0) is 27.7 Å². The lowest BCUT2D eigenvalue weighted by Crippen LogP contribution is -3.00. The SMILES string of the molecule is COc1cc2c(cc1OC)C(COCCN1CCC(O)(c3cccc(C(F)(F)F)c3)CC1)OCCC2.[Cl-]. The van der Waals surface area contributed by atoms with Crippen LogP contribution in [0.15, 0.2) is 36.4 Å². The van der Waals surface area contributed by atoms with Crippen molar-refractivity contribution >= 4 is 0 Å². The maximum absolute atomic E-state index is 13.1. The second kappa shape index (κ2) is 12.7. The number of ether oxygens (including phenoxy) is 4. The molecule has 10 heteroatoms. The van der Waals surface area contributed by atoms with Crippen LogP contribution in [0.5, 0.6) is 11.5 Å². The number of rotatable bonds is 8. The van der Waals surface area contributed by atoms with Crippen LogP contribution >= 0.6 is 0 Å². The molecule has 6 nitrogen and oxygen atoms in total. The molecule has 2 aromatic carbocycles. The highest BCUT2D eigenvalue weighted by Gasteiger charge is 2.37. The van der Waals surface area contributed by atoms with Crippen molar-refractivity contribution in [2.24, 2.45) is 0 Å². The Kier molecular flexibility index (Phi) is 10.1. The smallest absolute Gasteiger partial charge is 0.416 e. The number of likely N-dealkylation sites (tertiary alicyclic amines) is 1. The maximum atomic E-state index is 13.1. The van der Waals surface area contributed by atoms with E-state index in [1.807, 2.05) is 12.1 Å². The van der Waals surface area contributed by atoms with Crippen molar-refractivity contribution in [2.75, 3.05) is 53.7 Å². The molecule has 1 fully saturated rings. The molecule has 2 aliphatic heterocycles. The third kappa shape index (κ3) is 7.09. The lowest BCUT2D eigenvalue weighted by atomic mass is 9.84. The summed E-state index contributed by atoms with van der Waals surface area (Å²) in [6.45, 7) is 3.37. The molecule has 0 aliphatic carbocycles. The number of aliphatic hydroxyl groups is 1. The lowest BCUT2D eigenvalue weighted by Gasteiger charge is -2.38. The second-order valence-electron chi connectivity index (χ2n) is 9.40. The Morgan fingerprint density at radius 1 is 1.08 bits per heavy atom. The van der Waals surface area contributed by atoms with E-state index in [9.17, 15) is 18.3 Å². The largest absolute Gasteiger partial charge is 1.00 e. The van der Waals surface area contributed by atoms with Gasteiger partial charge in [0.15, 0.2) is 11.5 Å². The Bertz CT molecular complexity index is 1030. The number of piperidine rings is 1. The molecule has 0 saturated carbocycles. The second-order valence-corrected chi connectivity index (χ2v) is 9.40. The average molecular weight is 545 g/mol. The normalized spacial score (nSPS) is 19.9. The number of methoxy groups -OCH3 is 2. The van der Waals surface area contributed by atoms with Gasteiger partial charge in [-0.3, -0.25) is 0 Å². The van der Waals surface area contributed by atoms with E-state index in [0.29, 0.717) is 69.4 Å². The summed E-state index contributed by atoms with van der Waals surface area (Å²) >= 11 is 0. The topological polar surface area (TPSA) is 60.4 Å². The van der Waals surface area contributed by atoms with Crippen molar-refractivity contribution in [3.05, 3.63) is 58.7 Å². The van der Waals surface area contributed by atoms with Gasteiger partial charge in [0.25, 0.3) is 0 Å². The van der Waals surface area contributed by atoms with Gasteiger partial charge >= 0.3 is 6.18 Å². The predicted molar refractivity (Wildman–Crippen MR) is 128 cm³/mol. The first-order valence-electron chi connectivity index (χ1n) is 12.3. The predicted octanol–water partition coefficient (Wildman–Crippen LogP) is 1.73.